The van der Waals surface area contributed by atoms with Crippen LogP contribution < -0.4 is 11.2 Å². The summed E-state index contributed by atoms with van der Waals surface area (Å²) in [5, 5.41) is 11.4. The van der Waals surface area contributed by atoms with Gasteiger partial charge in [0.05, 0.1) is 17.4 Å². The van der Waals surface area contributed by atoms with Crippen LogP contribution in [0.2, 0.25) is 0 Å². The summed E-state index contributed by atoms with van der Waals surface area (Å²) in [6, 6.07) is 11.7. The third-order valence-corrected chi connectivity index (χ3v) is 6.94. The Balaban J connectivity index is 1.86. The number of carboxylic acid groups (broad SMARTS) is 1. The van der Waals surface area contributed by atoms with Crippen molar-refractivity contribution in [3.8, 4) is 0 Å². The molecule has 0 aliphatic rings. The second kappa shape index (κ2) is 10.5. The van der Waals surface area contributed by atoms with Crippen molar-refractivity contribution in [3.05, 3.63) is 80.6 Å². The Morgan fingerprint density at radius 1 is 1.00 bits per heavy atom. The van der Waals surface area contributed by atoms with Gasteiger partial charge in [-0.2, -0.15) is 0 Å². The first-order valence-corrected chi connectivity index (χ1v) is 12.4. The zero-order valence-electron chi connectivity index (χ0n) is 20.0. The highest BCUT2D eigenvalue weighted by Crippen LogP contribution is 2.25. The van der Waals surface area contributed by atoms with Crippen LogP contribution in [0.4, 0.5) is 0 Å². The van der Waals surface area contributed by atoms with Gasteiger partial charge in [0.2, 0.25) is 0 Å². The van der Waals surface area contributed by atoms with Crippen molar-refractivity contribution in [1.82, 2.24) is 13.7 Å². The maximum Gasteiger partial charge on any atom is 0.332 e. The van der Waals surface area contributed by atoms with E-state index in [4.69, 9.17) is 11.6 Å². The molecule has 8 heteroatoms. The van der Waals surface area contributed by atoms with Crippen LogP contribution in [0.25, 0.3) is 21.8 Å². The normalized spacial score (nSPS) is 12.4. The van der Waals surface area contributed by atoms with Crippen molar-refractivity contribution in [2.24, 2.45) is 7.05 Å². The Labute approximate surface area is 208 Å². The molecular formula is C27H30ClN3O4. The molecule has 35 heavy (non-hydrogen) atoms. The van der Waals surface area contributed by atoms with Crippen LogP contribution in [0.3, 0.4) is 0 Å². The van der Waals surface area contributed by atoms with Crippen molar-refractivity contribution in [1.29, 1.82) is 0 Å². The van der Waals surface area contributed by atoms with Crippen LogP contribution in [0.1, 0.15) is 49.3 Å². The first-order valence-electron chi connectivity index (χ1n) is 11.9. The number of aryl methyl sites for hydroxylation is 2. The van der Waals surface area contributed by atoms with Gasteiger partial charge < -0.3 is 9.67 Å². The third-order valence-electron chi connectivity index (χ3n) is 6.67. The molecule has 184 valence electrons. The van der Waals surface area contributed by atoms with Crippen molar-refractivity contribution in [2.45, 2.75) is 51.6 Å². The van der Waals surface area contributed by atoms with E-state index in [1.165, 1.54) is 4.57 Å². The smallest absolute Gasteiger partial charge is 0.332 e. The molecule has 0 saturated carbocycles. The average Bonchev–Trinajstić information content (AvgIpc) is 3.16. The molecule has 1 atom stereocenters. The van der Waals surface area contributed by atoms with Gasteiger partial charge in [-0.1, -0.05) is 43.5 Å². The highest BCUT2D eigenvalue weighted by atomic mass is 35.5. The Bertz CT molecular complexity index is 1500. The van der Waals surface area contributed by atoms with Gasteiger partial charge >= 0.3 is 11.7 Å². The fourth-order valence-electron chi connectivity index (χ4n) is 4.94. The summed E-state index contributed by atoms with van der Waals surface area (Å²) in [7, 11) is 1.96. The van der Waals surface area contributed by atoms with Crippen LogP contribution in [0, 0.1) is 6.92 Å². The molecule has 0 amide bonds. The maximum absolute atomic E-state index is 13.8. The largest absolute Gasteiger partial charge is 0.480 e. The first kappa shape index (κ1) is 24.8. The first-order chi connectivity index (χ1) is 16.8. The van der Waals surface area contributed by atoms with Gasteiger partial charge in [-0.3, -0.25) is 9.36 Å². The van der Waals surface area contributed by atoms with E-state index in [2.05, 4.69) is 0 Å². The molecule has 4 rings (SSSR count). The summed E-state index contributed by atoms with van der Waals surface area (Å²) in [6.07, 6.45) is 5.31. The lowest BCUT2D eigenvalue weighted by Crippen LogP contribution is -2.44. The van der Waals surface area contributed by atoms with Crippen molar-refractivity contribution < 1.29 is 9.90 Å². The molecule has 2 aromatic heterocycles. The van der Waals surface area contributed by atoms with Gasteiger partial charge in [0, 0.05) is 30.0 Å². The zero-order chi connectivity index (χ0) is 25.1. The topological polar surface area (TPSA) is 86.2 Å². The molecule has 0 unspecified atom stereocenters. The number of para-hydroxylation sites is 1. The molecule has 1 N–H and O–H groups in total. The quantitative estimate of drug-likeness (QED) is 0.252. The van der Waals surface area contributed by atoms with E-state index in [1.54, 1.807) is 24.3 Å². The SMILES string of the molecule is Cc1cccc2c1c(Cn1c(=O)n([C@H](CCCCCCCl)C(=O)O)c(=O)c3ccccc31)cn2C. The predicted octanol–water partition coefficient (Wildman–Crippen LogP) is 4.83. The number of aliphatic carboxylic acids is 1. The van der Waals surface area contributed by atoms with E-state index < -0.39 is 23.3 Å². The second-order valence-electron chi connectivity index (χ2n) is 9.04. The Morgan fingerprint density at radius 3 is 2.46 bits per heavy atom. The zero-order valence-corrected chi connectivity index (χ0v) is 20.8. The summed E-state index contributed by atoms with van der Waals surface area (Å²) < 4.78 is 4.48. The standard InChI is InChI=1S/C27H30ClN3O4/c1-18-10-9-14-22-24(18)19(16-29(22)2)17-30-21-12-7-6-11-20(21)25(32)31(27(30)35)23(26(33)34)13-5-3-4-8-15-28/h6-7,9-12,14,16,23H,3-5,8,13,15,17H2,1-2H3,(H,33,34)/t23-/m1/s1. The van der Waals surface area contributed by atoms with Gasteiger partial charge in [0.1, 0.15) is 6.04 Å². The molecule has 0 fully saturated rings. The number of halogens is 1. The lowest BCUT2D eigenvalue weighted by molar-refractivity contribution is -0.141. The van der Waals surface area contributed by atoms with Crippen LogP contribution in [0.5, 0.6) is 0 Å². The minimum absolute atomic E-state index is 0.207. The van der Waals surface area contributed by atoms with E-state index in [0.717, 1.165) is 45.9 Å². The Hall–Kier alpha value is -3.32. The Morgan fingerprint density at radius 2 is 1.71 bits per heavy atom. The van der Waals surface area contributed by atoms with Crippen molar-refractivity contribution in [3.63, 3.8) is 0 Å². The van der Waals surface area contributed by atoms with Crippen LogP contribution in [-0.2, 0) is 18.4 Å². The highest BCUT2D eigenvalue weighted by Gasteiger charge is 2.26. The van der Waals surface area contributed by atoms with Gasteiger partial charge in [0.25, 0.3) is 5.56 Å². The number of hydrogen-bond donors (Lipinski definition) is 1. The molecule has 4 aromatic rings. The number of fused-ring (bicyclic) bond motifs is 2. The van der Waals surface area contributed by atoms with E-state index in [1.807, 2.05) is 42.9 Å². The molecule has 0 saturated heterocycles. The summed E-state index contributed by atoms with van der Waals surface area (Å²) in [5.41, 5.74) is 2.40. The van der Waals surface area contributed by atoms with Gasteiger partial charge in [-0.05, 0) is 49.1 Å². The van der Waals surface area contributed by atoms with Gasteiger partial charge in [-0.15, -0.1) is 11.6 Å². The summed E-state index contributed by atoms with van der Waals surface area (Å²) in [4.78, 5) is 39.3. The number of alkyl halides is 1. The minimum atomic E-state index is -1.23. The number of unbranched alkanes of at least 4 members (excludes halogenated alkanes) is 3. The lowest BCUT2D eigenvalue weighted by atomic mass is 10.1. The minimum Gasteiger partial charge on any atom is -0.480 e. The number of rotatable bonds is 10. The monoisotopic (exact) mass is 495 g/mol. The van der Waals surface area contributed by atoms with Crippen LogP contribution in [0.15, 0.2) is 58.3 Å². The molecule has 0 aliphatic heterocycles. The summed E-state index contributed by atoms with van der Waals surface area (Å²) >= 11 is 5.73. The molecule has 0 aliphatic carbocycles. The molecule has 0 bridgehead atoms. The third kappa shape index (κ3) is 4.78. The van der Waals surface area contributed by atoms with Gasteiger partial charge in [0.15, 0.2) is 0 Å². The molecule has 0 spiro atoms. The number of benzene rings is 2. The maximum atomic E-state index is 13.8. The fraction of sp³-hybridized carbons (Fsp3) is 0.370. The van der Waals surface area contributed by atoms with E-state index >= 15 is 0 Å². The van der Waals surface area contributed by atoms with Crippen molar-refractivity contribution in [2.75, 3.05) is 5.88 Å². The number of carboxylic acids is 1. The molecule has 2 aromatic carbocycles. The van der Waals surface area contributed by atoms with Crippen LogP contribution in [-0.4, -0.2) is 30.7 Å². The fourth-order valence-corrected chi connectivity index (χ4v) is 5.13. The average molecular weight is 496 g/mol. The lowest BCUT2D eigenvalue weighted by Gasteiger charge is -2.19. The number of nitrogens with zero attached hydrogens (tertiary/aromatic N) is 3. The number of carbonyl (C=O) groups is 1. The predicted molar refractivity (Wildman–Crippen MR) is 140 cm³/mol. The molecule has 2 heterocycles. The summed E-state index contributed by atoms with van der Waals surface area (Å²) in [6.45, 7) is 2.25. The highest BCUT2D eigenvalue weighted by molar-refractivity contribution is 6.17. The second-order valence-corrected chi connectivity index (χ2v) is 9.42. The molecule has 7 nitrogen and oxygen atoms in total. The van der Waals surface area contributed by atoms with E-state index in [-0.39, 0.29) is 13.0 Å². The molecule has 0 radical (unpaired) electrons. The number of hydrogen-bond acceptors (Lipinski definition) is 3. The van der Waals surface area contributed by atoms with Crippen molar-refractivity contribution >= 4 is 39.4 Å². The van der Waals surface area contributed by atoms with E-state index in [9.17, 15) is 19.5 Å². The number of aromatic nitrogens is 3. The summed E-state index contributed by atoms with van der Waals surface area (Å²) in [5.74, 6) is -0.616. The van der Waals surface area contributed by atoms with Gasteiger partial charge in [-0.25, -0.2) is 14.2 Å². The van der Waals surface area contributed by atoms with E-state index in [0.29, 0.717) is 23.2 Å². The van der Waals surface area contributed by atoms with Crippen LogP contribution >= 0.6 is 11.6 Å². The Kier molecular flexibility index (Phi) is 7.45. The molecular weight excluding hydrogens is 466 g/mol.